The summed E-state index contributed by atoms with van der Waals surface area (Å²) in [5.41, 5.74) is 1.15. The molecule has 2 atom stereocenters. The molecule has 0 bridgehead atoms. The van der Waals surface area contributed by atoms with Crippen molar-refractivity contribution in [2.24, 2.45) is 0 Å². The molecule has 2 aliphatic rings. The smallest absolute Gasteiger partial charge is 0.238 e. The van der Waals surface area contributed by atoms with Crippen molar-refractivity contribution in [3.8, 4) is 0 Å². The van der Waals surface area contributed by atoms with Crippen molar-refractivity contribution in [2.75, 3.05) is 26.0 Å². The zero-order chi connectivity index (χ0) is 13.9. The monoisotopic (exact) mass is 292 g/mol. The van der Waals surface area contributed by atoms with Crippen LogP contribution >= 0.6 is 11.8 Å². The van der Waals surface area contributed by atoms with Crippen LogP contribution in [0.3, 0.4) is 0 Å². The molecule has 108 valence electrons. The summed E-state index contributed by atoms with van der Waals surface area (Å²) in [5.74, 6) is 0.180. The molecule has 2 heterocycles. The van der Waals surface area contributed by atoms with E-state index in [1.807, 2.05) is 4.90 Å². The Labute approximate surface area is 123 Å². The Bertz CT molecular complexity index is 471. The molecule has 1 aromatic carbocycles. The lowest BCUT2D eigenvalue weighted by Crippen LogP contribution is -2.44. The topological polar surface area (TPSA) is 41.6 Å². The van der Waals surface area contributed by atoms with E-state index in [1.54, 1.807) is 11.8 Å². The van der Waals surface area contributed by atoms with Gasteiger partial charge in [-0.15, -0.1) is 11.8 Å². The van der Waals surface area contributed by atoms with Crippen LogP contribution in [0.25, 0.3) is 0 Å². The second-order valence-corrected chi connectivity index (χ2v) is 6.11. The molecule has 20 heavy (non-hydrogen) atoms. The fraction of sp³-hybridized carbons (Fsp3) is 0.533. The Morgan fingerprint density at radius 3 is 2.80 bits per heavy atom. The summed E-state index contributed by atoms with van der Waals surface area (Å²) in [5, 5.41) is 3.32. The molecule has 4 nitrogen and oxygen atoms in total. The number of ether oxygens (including phenoxy) is 1. The maximum atomic E-state index is 12.2. The van der Waals surface area contributed by atoms with Crippen LogP contribution in [-0.4, -0.2) is 42.9 Å². The zero-order valence-corrected chi connectivity index (χ0v) is 12.5. The molecule has 5 heteroatoms. The van der Waals surface area contributed by atoms with Gasteiger partial charge in [0.1, 0.15) is 6.17 Å². The second-order valence-electron chi connectivity index (χ2n) is 5.23. The first kappa shape index (κ1) is 13.9. The Hall–Kier alpha value is -1.04. The van der Waals surface area contributed by atoms with E-state index in [9.17, 15) is 4.79 Å². The number of thioether (sulfide) groups is 1. The summed E-state index contributed by atoms with van der Waals surface area (Å²) in [6.07, 6.45) is 4.13. The summed E-state index contributed by atoms with van der Waals surface area (Å²) < 4.78 is 5.54. The summed E-state index contributed by atoms with van der Waals surface area (Å²) in [4.78, 5) is 15.4. The second kappa shape index (κ2) is 6.16. The van der Waals surface area contributed by atoms with Crippen molar-refractivity contribution in [1.82, 2.24) is 10.2 Å². The van der Waals surface area contributed by atoms with Crippen molar-refractivity contribution >= 4 is 17.7 Å². The highest BCUT2D eigenvalue weighted by Crippen LogP contribution is 2.29. The lowest BCUT2D eigenvalue weighted by atomic mass is 10.1. The number of nitrogens with zero attached hydrogens (tertiary/aromatic N) is 1. The number of benzene rings is 1. The maximum absolute atomic E-state index is 12.2. The molecule has 3 rings (SSSR count). The predicted octanol–water partition coefficient (Wildman–Crippen LogP) is 2.02. The SMILES string of the molecule is CSc1ccc(C2NCC(=O)N2C2CCCOC2)cc1. The predicted molar refractivity (Wildman–Crippen MR) is 79.7 cm³/mol. The number of rotatable bonds is 3. The standard InChI is InChI=1S/C15H20N2O2S/c1-20-13-6-4-11(5-7-13)15-16-9-14(18)17(15)12-3-2-8-19-10-12/h4-7,12,15-16H,2-3,8-10H2,1H3. The lowest BCUT2D eigenvalue weighted by Gasteiger charge is -2.35. The van der Waals surface area contributed by atoms with E-state index in [0.29, 0.717) is 13.2 Å². The highest BCUT2D eigenvalue weighted by Gasteiger charge is 2.37. The molecule has 2 fully saturated rings. The van der Waals surface area contributed by atoms with Gasteiger partial charge in [0.25, 0.3) is 0 Å². The molecule has 1 aromatic rings. The third-order valence-electron chi connectivity index (χ3n) is 3.97. The Morgan fingerprint density at radius 2 is 2.15 bits per heavy atom. The largest absolute Gasteiger partial charge is 0.379 e. The average Bonchev–Trinajstić information content (AvgIpc) is 2.90. The van der Waals surface area contributed by atoms with Crippen LogP contribution in [0.1, 0.15) is 24.6 Å². The minimum atomic E-state index is -0.00916. The van der Waals surface area contributed by atoms with Gasteiger partial charge in [-0.05, 0) is 36.8 Å². The molecule has 0 aliphatic carbocycles. The molecular weight excluding hydrogens is 272 g/mol. The van der Waals surface area contributed by atoms with Gasteiger partial charge in [0.15, 0.2) is 0 Å². The number of carbonyl (C=O) groups excluding carboxylic acids is 1. The van der Waals surface area contributed by atoms with Crippen LogP contribution in [0.2, 0.25) is 0 Å². The molecule has 2 saturated heterocycles. The summed E-state index contributed by atoms with van der Waals surface area (Å²) in [7, 11) is 0. The van der Waals surface area contributed by atoms with Gasteiger partial charge in [0.2, 0.25) is 5.91 Å². The molecular formula is C15H20N2O2S. The Balaban J connectivity index is 1.80. The van der Waals surface area contributed by atoms with E-state index in [2.05, 4.69) is 35.8 Å². The summed E-state index contributed by atoms with van der Waals surface area (Å²) >= 11 is 1.73. The van der Waals surface area contributed by atoms with Crippen LogP contribution < -0.4 is 5.32 Å². The van der Waals surface area contributed by atoms with Gasteiger partial charge >= 0.3 is 0 Å². The average molecular weight is 292 g/mol. The van der Waals surface area contributed by atoms with Crippen molar-refractivity contribution in [1.29, 1.82) is 0 Å². The van der Waals surface area contributed by atoms with Gasteiger partial charge in [-0.2, -0.15) is 0 Å². The molecule has 0 aromatic heterocycles. The Morgan fingerprint density at radius 1 is 1.35 bits per heavy atom. The van der Waals surface area contributed by atoms with Crippen molar-refractivity contribution in [3.63, 3.8) is 0 Å². The van der Waals surface area contributed by atoms with Crippen LogP contribution in [0.4, 0.5) is 0 Å². The molecule has 0 radical (unpaired) electrons. The fourth-order valence-electron chi connectivity index (χ4n) is 2.94. The molecule has 1 N–H and O–H groups in total. The van der Waals surface area contributed by atoms with E-state index in [0.717, 1.165) is 25.0 Å². The minimum Gasteiger partial charge on any atom is -0.379 e. The highest BCUT2D eigenvalue weighted by atomic mass is 32.2. The van der Waals surface area contributed by atoms with Crippen LogP contribution in [-0.2, 0) is 9.53 Å². The first-order chi connectivity index (χ1) is 9.79. The van der Waals surface area contributed by atoms with Crippen molar-refractivity contribution in [2.45, 2.75) is 29.9 Å². The van der Waals surface area contributed by atoms with E-state index in [1.165, 1.54) is 4.90 Å². The minimum absolute atomic E-state index is 0.00916. The van der Waals surface area contributed by atoms with Gasteiger partial charge in [0.05, 0.1) is 19.2 Å². The number of amides is 1. The summed E-state index contributed by atoms with van der Waals surface area (Å²) in [6, 6.07) is 8.65. The molecule has 2 aliphatic heterocycles. The molecule has 1 amide bonds. The quantitative estimate of drug-likeness (QED) is 0.866. The van der Waals surface area contributed by atoms with Gasteiger partial charge < -0.3 is 9.64 Å². The van der Waals surface area contributed by atoms with Gasteiger partial charge in [-0.25, -0.2) is 0 Å². The zero-order valence-electron chi connectivity index (χ0n) is 11.7. The van der Waals surface area contributed by atoms with Gasteiger partial charge in [-0.3, -0.25) is 10.1 Å². The van der Waals surface area contributed by atoms with E-state index < -0.39 is 0 Å². The number of hydrogen-bond acceptors (Lipinski definition) is 4. The van der Waals surface area contributed by atoms with Crippen molar-refractivity contribution in [3.05, 3.63) is 29.8 Å². The van der Waals surface area contributed by atoms with Crippen LogP contribution in [0.15, 0.2) is 29.2 Å². The maximum Gasteiger partial charge on any atom is 0.238 e. The van der Waals surface area contributed by atoms with Crippen LogP contribution in [0, 0.1) is 0 Å². The van der Waals surface area contributed by atoms with Crippen LogP contribution in [0.5, 0.6) is 0 Å². The number of nitrogens with one attached hydrogen (secondary N) is 1. The molecule has 2 unspecified atom stereocenters. The lowest BCUT2D eigenvalue weighted by molar-refractivity contribution is -0.133. The third kappa shape index (κ3) is 2.71. The van der Waals surface area contributed by atoms with E-state index in [4.69, 9.17) is 4.74 Å². The van der Waals surface area contributed by atoms with Gasteiger partial charge in [0, 0.05) is 11.5 Å². The normalized spacial score (nSPS) is 27.1. The highest BCUT2D eigenvalue weighted by molar-refractivity contribution is 7.98. The number of hydrogen-bond donors (Lipinski definition) is 1. The molecule has 0 saturated carbocycles. The van der Waals surface area contributed by atoms with Crippen molar-refractivity contribution < 1.29 is 9.53 Å². The van der Waals surface area contributed by atoms with E-state index >= 15 is 0 Å². The third-order valence-corrected chi connectivity index (χ3v) is 4.72. The van der Waals surface area contributed by atoms with Gasteiger partial charge in [-0.1, -0.05) is 12.1 Å². The first-order valence-electron chi connectivity index (χ1n) is 7.06. The first-order valence-corrected chi connectivity index (χ1v) is 8.28. The number of carbonyl (C=O) groups is 1. The summed E-state index contributed by atoms with van der Waals surface area (Å²) in [6.45, 7) is 1.90. The Kier molecular flexibility index (Phi) is 4.29. The van der Waals surface area contributed by atoms with E-state index in [-0.39, 0.29) is 18.1 Å². The fourth-order valence-corrected chi connectivity index (χ4v) is 3.35. The molecule has 0 spiro atoms.